The monoisotopic (exact) mass is 520 g/mol. The van der Waals surface area contributed by atoms with E-state index in [1.807, 2.05) is 0 Å². The molecule has 2 aromatic heterocycles. The quantitative estimate of drug-likeness (QED) is 0.315. The molecule has 4 aromatic rings. The molecule has 0 atom stereocenters. The fourth-order valence-corrected chi connectivity index (χ4v) is 4.95. The second kappa shape index (κ2) is 10.5. The Kier molecular flexibility index (Phi) is 7.14. The predicted molar refractivity (Wildman–Crippen MR) is 137 cm³/mol. The zero-order valence-corrected chi connectivity index (χ0v) is 20.9. The number of rotatable bonds is 3. The first-order valence-electron chi connectivity index (χ1n) is 12.3. The molecular weight excluding hydrogens is 493 g/mol. The topological polar surface area (TPSA) is 60.2 Å². The summed E-state index contributed by atoms with van der Waals surface area (Å²) >= 11 is 0. The van der Waals surface area contributed by atoms with Crippen LogP contribution in [0.25, 0.3) is 16.9 Å². The summed E-state index contributed by atoms with van der Waals surface area (Å²) in [6, 6.07) is 18.3. The van der Waals surface area contributed by atoms with Crippen molar-refractivity contribution in [2.24, 2.45) is 0 Å². The molecular formula is C29H27F3N4O2. The molecule has 6 nitrogen and oxygen atoms in total. The molecule has 1 spiro atoms. The van der Waals surface area contributed by atoms with Gasteiger partial charge >= 0.3 is 6.18 Å². The van der Waals surface area contributed by atoms with E-state index in [0.29, 0.717) is 17.7 Å². The summed E-state index contributed by atoms with van der Waals surface area (Å²) in [5.41, 5.74) is 4.10. The van der Waals surface area contributed by atoms with Crippen LogP contribution in [0.2, 0.25) is 0 Å². The molecule has 0 N–H and O–H groups in total. The number of aromatic nitrogens is 3. The average molecular weight is 521 g/mol. The van der Waals surface area contributed by atoms with Crippen molar-refractivity contribution in [3.8, 4) is 16.9 Å². The van der Waals surface area contributed by atoms with Gasteiger partial charge in [0.25, 0.3) is 0 Å². The number of likely N-dealkylation sites (tertiary alicyclic amines) is 1. The number of nitrogens with zero attached hydrogens (tertiary/aromatic N) is 4. The normalized spacial score (nSPS) is 16.5. The van der Waals surface area contributed by atoms with E-state index in [2.05, 4.69) is 46.3 Å². The van der Waals surface area contributed by atoms with E-state index in [0.717, 1.165) is 50.2 Å². The second-order valence-electron chi connectivity index (χ2n) is 9.51. The molecule has 0 unspecified atom stereocenters. The van der Waals surface area contributed by atoms with Crippen LogP contribution in [0.5, 0.6) is 0 Å². The third kappa shape index (κ3) is 5.25. The number of hydrogen-bond donors (Lipinski definition) is 0. The van der Waals surface area contributed by atoms with Gasteiger partial charge in [0.2, 0.25) is 0 Å². The number of hydrogen-bond acceptors (Lipinski definition) is 5. The summed E-state index contributed by atoms with van der Waals surface area (Å²) in [7, 11) is 2.19. The summed E-state index contributed by atoms with van der Waals surface area (Å²) in [6.07, 6.45) is 1.64. The van der Waals surface area contributed by atoms with Crippen molar-refractivity contribution >= 4 is 6.29 Å². The lowest BCUT2D eigenvalue weighted by atomic mass is 9.84. The Hall–Kier alpha value is -3.82. The number of piperidine rings is 1. The number of benzene rings is 2. The van der Waals surface area contributed by atoms with Gasteiger partial charge in [-0.1, -0.05) is 24.3 Å². The van der Waals surface area contributed by atoms with Gasteiger partial charge in [0.1, 0.15) is 5.69 Å². The highest BCUT2D eigenvalue weighted by atomic mass is 19.4. The lowest BCUT2D eigenvalue weighted by Gasteiger charge is -2.37. The number of halogens is 3. The molecule has 38 heavy (non-hydrogen) atoms. The lowest BCUT2D eigenvalue weighted by Crippen LogP contribution is -2.40. The molecule has 0 bridgehead atoms. The lowest BCUT2D eigenvalue weighted by molar-refractivity contribution is -0.137. The van der Waals surface area contributed by atoms with Gasteiger partial charge in [-0.05, 0) is 73.5 Å². The van der Waals surface area contributed by atoms with Crippen molar-refractivity contribution in [3.63, 3.8) is 0 Å². The van der Waals surface area contributed by atoms with Crippen LogP contribution in [0.1, 0.15) is 40.0 Å². The minimum absolute atomic E-state index is 0.0447. The van der Waals surface area contributed by atoms with Crippen molar-refractivity contribution in [2.45, 2.75) is 31.2 Å². The fraction of sp³-hybridized carbons (Fsp3) is 0.276. The maximum absolute atomic E-state index is 12.6. The summed E-state index contributed by atoms with van der Waals surface area (Å²) in [5, 5.41) is 4.11. The highest BCUT2D eigenvalue weighted by Gasteiger charge is 2.41. The van der Waals surface area contributed by atoms with Gasteiger partial charge in [-0.25, -0.2) is 4.68 Å². The zero-order valence-electron chi connectivity index (χ0n) is 20.9. The number of ether oxygens (including phenoxy) is 1. The van der Waals surface area contributed by atoms with E-state index in [1.165, 1.54) is 27.9 Å². The van der Waals surface area contributed by atoms with Gasteiger partial charge in [-0.3, -0.25) is 9.78 Å². The van der Waals surface area contributed by atoms with Crippen LogP contribution >= 0.6 is 0 Å². The number of carbonyl (C=O) groups is 1. The number of fused-ring (bicyclic) bond motifs is 2. The Morgan fingerprint density at radius 3 is 2.32 bits per heavy atom. The fourth-order valence-electron chi connectivity index (χ4n) is 4.95. The molecule has 2 aliphatic rings. The molecule has 4 heterocycles. The predicted octanol–water partition coefficient (Wildman–Crippen LogP) is 5.90. The van der Waals surface area contributed by atoms with Gasteiger partial charge in [0.05, 0.1) is 29.2 Å². The number of alkyl halides is 3. The number of carbonyl (C=O) groups excluding carboxylic acids is 1. The molecule has 0 radical (unpaired) electrons. The maximum atomic E-state index is 12.6. The van der Waals surface area contributed by atoms with Crippen LogP contribution in [-0.2, 0) is 23.1 Å². The van der Waals surface area contributed by atoms with Crippen LogP contribution in [0, 0.1) is 0 Å². The molecule has 0 saturated carbocycles. The van der Waals surface area contributed by atoms with Crippen LogP contribution < -0.4 is 0 Å². The first-order chi connectivity index (χ1) is 18.3. The minimum Gasteiger partial charge on any atom is -0.365 e. The van der Waals surface area contributed by atoms with Gasteiger partial charge in [-0.15, -0.1) is 0 Å². The first-order valence-corrected chi connectivity index (χ1v) is 12.3. The van der Waals surface area contributed by atoms with Gasteiger partial charge in [-0.2, -0.15) is 18.3 Å². The highest BCUT2D eigenvalue weighted by molar-refractivity contribution is 5.76. The Morgan fingerprint density at radius 2 is 1.66 bits per heavy atom. The molecule has 6 rings (SSSR count). The molecule has 0 aliphatic carbocycles. The Labute approximate surface area is 218 Å². The maximum Gasteiger partial charge on any atom is 0.416 e. The molecule has 9 heteroatoms. The van der Waals surface area contributed by atoms with Crippen molar-refractivity contribution in [3.05, 3.63) is 102 Å². The first kappa shape index (κ1) is 25.8. The van der Waals surface area contributed by atoms with E-state index in [1.54, 1.807) is 30.6 Å². The largest absolute Gasteiger partial charge is 0.416 e. The van der Waals surface area contributed by atoms with Crippen molar-refractivity contribution in [2.75, 3.05) is 20.1 Å². The zero-order chi connectivity index (χ0) is 26.8. The van der Waals surface area contributed by atoms with Crippen LogP contribution in [0.4, 0.5) is 13.2 Å². The Morgan fingerprint density at radius 1 is 0.974 bits per heavy atom. The SMILES string of the molecule is CN1CCC2(CC1)OCc1ccccc12.O=Cc1cc(-c2ccncc2)n(-c2ccc(C(F)(F)F)cc2)n1. The molecule has 0 amide bonds. The minimum atomic E-state index is -4.40. The molecule has 196 valence electrons. The van der Waals surface area contributed by atoms with Crippen LogP contribution in [0.15, 0.2) is 79.1 Å². The summed E-state index contributed by atoms with van der Waals surface area (Å²) in [5.74, 6) is 0. The third-order valence-corrected chi connectivity index (χ3v) is 7.07. The van der Waals surface area contributed by atoms with Gasteiger partial charge < -0.3 is 9.64 Å². The van der Waals surface area contributed by atoms with Gasteiger partial charge in [0, 0.05) is 31.0 Å². The van der Waals surface area contributed by atoms with E-state index in [4.69, 9.17) is 4.74 Å². The summed E-state index contributed by atoms with van der Waals surface area (Å²) in [4.78, 5) is 17.3. The average Bonchev–Trinajstić information content (AvgIpc) is 3.54. The van der Waals surface area contributed by atoms with Crippen LogP contribution in [-0.4, -0.2) is 46.1 Å². The van der Waals surface area contributed by atoms with E-state index >= 15 is 0 Å². The summed E-state index contributed by atoms with van der Waals surface area (Å²) in [6.45, 7) is 3.10. The highest BCUT2D eigenvalue weighted by Crippen LogP contribution is 2.43. The van der Waals surface area contributed by atoms with Gasteiger partial charge in [0.15, 0.2) is 6.29 Å². The second-order valence-corrected chi connectivity index (χ2v) is 9.51. The molecule has 1 saturated heterocycles. The third-order valence-electron chi connectivity index (χ3n) is 7.07. The van der Waals surface area contributed by atoms with E-state index < -0.39 is 11.7 Å². The van der Waals surface area contributed by atoms with E-state index in [-0.39, 0.29) is 11.3 Å². The molecule has 2 aliphatic heterocycles. The van der Waals surface area contributed by atoms with Crippen LogP contribution in [0.3, 0.4) is 0 Å². The van der Waals surface area contributed by atoms with E-state index in [9.17, 15) is 18.0 Å². The number of aldehydes is 1. The Balaban J connectivity index is 0.000000168. The van der Waals surface area contributed by atoms with Crippen molar-refractivity contribution in [1.29, 1.82) is 0 Å². The summed E-state index contributed by atoms with van der Waals surface area (Å²) < 4.78 is 45.5. The number of pyridine rings is 1. The molecule has 2 aromatic carbocycles. The standard InChI is InChI=1S/C16H10F3N3O.C13H17NO/c17-16(18,19)12-1-3-14(4-2-12)22-15(9-13(10-23)21-22)11-5-7-20-8-6-11;1-14-8-6-13(7-9-14)12-5-3-2-4-11(12)10-15-13/h1-10H;2-5H,6-10H2,1H3. The van der Waals surface area contributed by atoms with Crippen molar-refractivity contribution < 1.29 is 22.7 Å². The molecule has 1 fully saturated rings. The Bertz CT molecular complexity index is 1390. The smallest absolute Gasteiger partial charge is 0.365 e. The van der Waals surface area contributed by atoms with Crippen molar-refractivity contribution in [1.82, 2.24) is 19.7 Å².